The van der Waals surface area contributed by atoms with Gasteiger partial charge in [-0.1, -0.05) is 35.9 Å². The van der Waals surface area contributed by atoms with Crippen LogP contribution in [-0.2, 0) is 13.1 Å². The van der Waals surface area contributed by atoms with Crippen molar-refractivity contribution in [3.63, 3.8) is 0 Å². The Balaban J connectivity index is 2.00. The highest BCUT2D eigenvalue weighted by Crippen LogP contribution is 2.09. The largest absolute Gasteiger partial charge is 0.366 e. The molecule has 0 atom stereocenters. The van der Waals surface area contributed by atoms with E-state index >= 15 is 0 Å². The van der Waals surface area contributed by atoms with Gasteiger partial charge in [-0.15, -0.1) is 0 Å². The van der Waals surface area contributed by atoms with Gasteiger partial charge in [0.05, 0.1) is 6.54 Å². The lowest BCUT2D eigenvalue weighted by Crippen LogP contribution is -2.36. The third-order valence-corrected chi connectivity index (χ3v) is 3.60. The lowest BCUT2D eigenvalue weighted by molar-refractivity contribution is 0.1000. The number of halogens is 1. The SMILES string of the molecule is CCNC(=NCc1cccc(C(N)=O)c1)NCc1ccc(Cl)cc1. The highest BCUT2D eigenvalue weighted by molar-refractivity contribution is 6.30. The molecule has 2 rings (SSSR count). The van der Waals surface area contributed by atoms with Crippen molar-refractivity contribution < 1.29 is 4.79 Å². The van der Waals surface area contributed by atoms with Crippen molar-refractivity contribution in [2.24, 2.45) is 10.7 Å². The van der Waals surface area contributed by atoms with Crippen LogP contribution in [0.15, 0.2) is 53.5 Å². The van der Waals surface area contributed by atoms with E-state index in [0.717, 1.165) is 17.7 Å². The van der Waals surface area contributed by atoms with Gasteiger partial charge in [0.15, 0.2) is 5.96 Å². The number of carbonyl (C=O) groups is 1. The van der Waals surface area contributed by atoms with E-state index in [0.29, 0.717) is 29.6 Å². The van der Waals surface area contributed by atoms with Crippen molar-refractivity contribution in [2.75, 3.05) is 6.54 Å². The Hall–Kier alpha value is -2.53. The van der Waals surface area contributed by atoms with Gasteiger partial charge in [-0.25, -0.2) is 4.99 Å². The van der Waals surface area contributed by atoms with E-state index in [2.05, 4.69) is 15.6 Å². The first-order chi connectivity index (χ1) is 11.6. The molecule has 126 valence electrons. The van der Waals surface area contributed by atoms with Crippen LogP contribution >= 0.6 is 11.6 Å². The smallest absolute Gasteiger partial charge is 0.248 e. The predicted octanol–water partition coefficient (Wildman–Crippen LogP) is 2.69. The molecular formula is C18H21ClN4O. The number of hydrogen-bond acceptors (Lipinski definition) is 2. The quantitative estimate of drug-likeness (QED) is 0.557. The predicted molar refractivity (Wildman–Crippen MR) is 98.1 cm³/mol. The molecule has 0 aromatic heterocycles. The number of rotatable bonds is 6. The van der Waals surface area contributed by atoms with E-state index < -0.39 is 5.91 Å². The number of hydrogen-bond donors (Lipinski definition) is 3. The summed E-state index contributed by atoms with van der Waals surface area (Å²) < 4.78 is 0. The lowest BCUT2D eigenvalue weighted by Gasteiger charge is -2.11. The Morgan fingerprint density at radius 3 is 2.54 bits per heavy atom. The minimum atomic E-state index is -0.436. The minimum Gasteiger partial charge on any atom is -0.366 e. The van der Waals surface area contributed by atoms with Gasteiger partial charge >= 0.3 is 0 Å². The van der Waals surface area contributed by atoms with Crippen molar-refractivity contribution in [2.45, 2.75) is 20.0 Å². The molecule has 6 heteroatoms. The highest BCUT2D eigenvalue weighted by Gasteiger charge is 2.02. The number of nitrogens with one attached hydrogen (secondary N) is 2. The van der Waals surface area contributed by atoms with Crippen LogP contribution in [0.5, 0.6) is 0 Å². The third-order valence-electron chi connectivity index (χ3n) is 3.35. The first-order valence-electron chi connectivity index (χ1n) is 7.74. The summed E-state index contributed by atoms with van der Waals surface area (Å²) in [6.45, 7) is 3.86. The molecule has 0 unspecified atom stereocenters. The van der Waals surface area contributed by atoms with Gasteiger partial charge in [-0.3, -0.25) is 4.79 Å². The Morgan fingerprint density at radius 2 is 1.88 bits per heavy atom. The first kappa shape index (κ1) is 17.8. The van der Waals surface area contributed by atoms with E-state index in [1.165, 1.54) is 0 Å². The maximum atomic E-state index is 11.2. The van der Waals surface area contributed by atoms with E-state index in [9.17, 15) is 4.79 Å². The molecule has 5 nitrogen and oxygen atoms in total. The fourth-order valence-electron chi connectivity index (χ4n) is 2.12. The highest BCUT2D eigenvalue weighted by atomic mass is 35.5. The fourth-order valence-corrected chi connectivity index (χ4v) is 2.25. The van der Waals surface area contributed by atoms with E-state index in [1.807, 2.05) is 37.3 Å². The fraction of sp³-hybridized carbons (Fsp3) is 0.222. The molecule has 0 aliphatic rings. The number of amides is 1. The van der Waals surface area contributed by atoms with Gasteiger partial charge in [-0.2, -0.15) is 0 Å². The topological polar surface area (TPSA) is 79.5 Å². The number of benzene rings is 2. The summed E-state index contributed by atoms with van der Waals surface area (Å²) in [6, 6.07) is 14.8. The number of guanidine groups is 1. The second-order valence-corrected chi connectivity index (χ2v) is 5.68. The summed E-state index contributed by atoms with van der Waals surface area (Å²) >= 11 is 5.89. The standard InChI is InChI=1S/C18H21ClN4O/c1-2-21-18(22-11-13-6-8-16(19)9-7-13)23-12-14-4-3-5-15(10-14)17(20)24/h3-10H,2,11-12H2,1H3,(H2,20,24)(H2,21,22,23). The second kappa shape index (κ2) is 8.93. The zero-order valence-electron chi connectivity index (χ0n) is 13.6. The van der Waals surface area contributed by atoms with Gasteiger partial charge in [0.2, 0.25) is 5.91 Å². The molecule has 24 heavy (non-hydrogen) atoms. The zero-order valence-corrected chi connectivity index (χ0v) is 14.3. The summed E-state index contributed by atoms with van der Waals surface area (Å²) in [6.07, 6.45) is 0. The molecule has 0 aliphatic carbocycles. The molecule has 0 heterocycles. The second-order valence-electron chi connectivity index (χ2n) is 5.24. The molecule has 2 aromatic rings. The number of nitrogens with two attached hydrogens (primary N) is 1. The molecule has 2 aromatic carbocycles. The Bertz CT molecular complexity index is 713. The maximum absolute atomic E-state index is 11.2. The monoisotopic (exact) mass is 344 g/mol. The molecule has 4 N–H and O–H groups in total. The van der Waals surface area contributed by atoms with Gasteiger partial charge < -0.3 is 16.4 Å². The molecule has 0 radical (unpaired) electrons. The van der Waals surface area contributed by atoms with Crippen LogP contribution in [0.1, 0.15) is 28.4 Å². The van der Waals surface area contributed by atoms with Crippen molar-refractivity contribution >= 4 is 23.5 Å². The molecule has 0 bridgehead atoms. The van der Waals surface area contributed by atoms with Crippen molar-refractivity contribution in [3.05, 3.63) is 70.2 Å². The van der Waals surface area contributed by atoms with Gasteiger partial charge in [0, 0.05) is 23.7 Å². The van der Waals surface area contributed by atoms with Crippen molar-refractivity contribution in [1.82, 2.24) is 10.6 Å². The van der Waals surface area contributed by atoms with Crippen molar-refractivity contribution in [3.8, 4) is 0 Å². The third kappa shape index (κ3) is 5.59. The van der Waals surface area contributed by atoms with E-state index in [1.54, 1.807) is 18.2 Å². The number of nitrogens with zero attached hydrogens (tertiary/aromatic N) is 1. The summed E-state index contributed by atoms with van der Waals surface area (Å²) in [5.74, 6) is 0.269. The minimum absolute atomic E-state index is 0.436. The summed E-state index contributed by atoms with van der Waals surface area (Å²) in [5.41, 5.74) is 7.83. The molecule has 0 saturated carbocycles. The summed E-state index contributed by atoms with van der Waals surface area (Å²) in [5, 5.41) is 7.18. The number of carbonyl (C=O) groups excluding carboxylic acids is 1. The molecule has 1 amide bonds. The van der Waals surface area contributed by atoms with Crippen LogP contribution < -0.4 is 16.4 Å². The average Bonchev–Trinajstić information content (AvgIpc) is 2.59. The van der Waals surface area contributed by atoms with Crippen molar-refractivity contribution in [1.29, 1.82) is 0 Å². The summed E-state index contributed by atoms with van der Waals surface area (Å²) in [7, 11) is 0. The Labute approximate surface area is 146 Å². The lowest BCUT2D eigenvalue weighted by atomic mass is 10.1. The van der Waals surface area contributed by atoms with Gasteiger partial charge in [-0.05, 0) is 42.3 Å². The molecule has 0 saturated heterocycles. The number of aliphatic imine (C=N–C) groups is 1. The van der Waals surface area contributed by atoms with Gasteiger partial charge in [0.1, 0.15) is 0 Å². The van der Waals surface area contributed by atoms with Crippen LogP contribution in [0.4, 0.5) is 0 Å². The summed E-state index contributed by atoms with van der Waals surface area (Å²) in [4.78, 5) is 15.8. The molecule has 0 fully saturated rings. The zero-order chi connectivity index (χ0) is 17.4. The Morgan fingerprint density at radius 1 is 1.12 bits per heavy atom. The van der Waals surface area contributed by atoms with Crippen LogP contribution in [0.3, 0.4) is 0 Å². The average molecular weight is 345 g/mol. The molecule has 0 spiro atoms. The van der Waals surface area contributed by atoms with E-state index in [4.69, 9.17) is 17.3 Å². The maximum Gasteiger partial charge on any atom is 0.248 e. The molecule has 0 aliphatic heterocycles. The van der Waals surface area contributed by atoms with Gasteiger partial charge in [0.25, 0.3) is 0 Å². The number of primary amides is 1. The Kier molecular flexibility index (Phi) is 6.63. The first-order valence-corrected chi connectivity index (χ1v) is 8.11. The normalized spacial score (nSPS) is 11.2. The van der Waals surface area contributed by atoms with Crippen LogP contribution in [-0.4, -0.2) is 18.4 Å². The molecular weight excluding hydrogens is 324 g/mol. The van der Waals surface area contributed by atoms with Crippen LogP contribution in [0, 0.1) is 0 Å². The van der Waals surface area contributed by atoms with Crippen LogP contribution in [0.25, 0.3) is 0 Å². The van der Waals surface area contributed by atoms with E-state index in [-0.39, 0.29) is 0 Å². The van der Waals surface area contributed by atoms with Crippen LogP contribution in [0.2, 0.25) is 5.02 Å².